The number of pyridine rings is 1. The van der Waals surface area contributed by atoms with Crippen LogP contribution in [0, 0.1) is 0 Å². The van der Waals surface area contributed by atoms with Crippen LogP contribution in [0.2, 0.25) is 0 Å². The molecule has 0 spiro atoms. The first-order chi connectivity index (χ1) is 7.29. The Kier molecular flexibility index (Phi) is 3.54. The smallest absolute Gasteiger partial charge is 0.280 e. The van der Waals surface area contributed by atoms with E-state index in [1.165, 1.54) is 0 Å². The molecule has 0 aliphatic rings. The van der Waals surface area contributed by atoms with Crippen LogP contribution in [0.1, 0.15) is 12.0 Å². The summed E-state index contributed by atoms with van der Waals surface area (Å²) in [5.41, 5.74) is 3.82. The molecule has 0 saturated heterocycles. The quantitative estimate of drug-likeness (QED) is 0.844. The number of rotatable bonds is 3. The van der Waals surface area contributed by atoms with Gasteiger partial charge in [0.05, 0.1) is 24.6 Å². The number of nitrogen functional groups attached to an aromatic ring is 1. The van der Waals surface area contributed by atoms with Gasteiger partial charge >= 0.3 is 0 Å². The normalized spacial score (nSPS) is 11.8. The molecule has 0 bridgehead atoms. The molecule has 0 unspecified atom stereocenters. The van der Waals surface area contributed by atoms with Crippen LogP contribution in [0.25, 0.3) is 0 Å². The molecule has 5 nitrogen and oxygen atoms in total. The van der Waals surface area contributed by atoms with Gasteiger partial charge in [-0.25, -0.2) is 22.2 Å². The second-order valence-corrected chi connectivity index (χ2v) is 5.18. The lowest BCUT2D eigenvalue weighted by Gasteiger charge is -2.11. The van der Waals surface area contributed by atoms with Gasteiger partial charge in [-0.1, -0.05) is 0 Å². The van der Waals surface area contributed by atoms with Crippen molar-refractivity contribution in [3.8, 4) is 5.75 Å². The molecule has 1 rings (SSSR count). The molecule has 0 saturated carbocycles. The van der Waals surface area contributed by atoms with Gasteiger partial charge in [-0.2, -0.15) is 0 Å². The Labute approximate surface area is 94.6 Å². The molecule has 16 heavy (non-hydrogen) atoms. The van der Waals surface area contributed by atoms with E-state index in [0.29, 0.717) is 0 Å². The highest BCUT2D eigenvalue weighted by Crippen LogP contribution is 2.36. The summed E-state index contributed by atoms with van der Waals surface area (Å²) in [6, 6.07) is 0. The van der Waals surface area contributed by atoms with Gasteiger partial charge < -0.3 is 10.5 Å². The number of methoxy groups -OCH3 is 1. The van der Waals surface area contributed by atoms with Crippen molar-refractivity contribution in [2.45, 2.75) is 11.5 Å². The number of ether oxygens (including phenoxy) is 1. The Balaban J connectivity index is 3.57. The molecule has 0 amide bonds. The third kappa shape index (κ3) is 2.33. The molecule has 0 aliphatic heterocycles. The molecule has 0 radical (unpaired) electrons. The van der Waals surface area contributed by atoms with Gasteiger partial charge in [0.25, 0.3) is 15.5 Å². The van der Waals surface area contributed by atoms with Crippen molar-refractivity contribution in [2.24, 2.45) is 0 Å². The van der Waals surface area contributed by atoms with Crippen LogP contribution in [0.4, 0.5) is 14.5 Å². The van der Waals surface area contributed by atoms with Crippen molar-refractivity contribution in [3.05, 3.63) is 11.8 Å². The van der Waals surface area contributed by atoms with Crippen LogP contribution < -0.4 is 10.5 Å². The lowest BCUT2D eigenvalue weighted by molar-refractivity contribution is 0.147. The maximum atomic E-state index is 12.6. The molecule has 9 heteroatoms. The van der Waals surface area contributed by atoms with E-state index in [-0.39, 0.29) is 5.75 Å². The summed E-state index contributed by atoms with van der Waals surface area (Å²) in [5.74, 6) is -0.295. The first-order valence-electron chi connectivity index (χ1n) is 3.84. The van der Waals surface area contributed by atoms with Crippen molar-refractivity contribution >= 4 is 25.4 Å². The van der Waals surface area contributed by atoms with Crippen molar-refractivity contribution in [3.63, 3.8) is 0 Å². The Morgan fingerprint density at radius 2 is 2.12 bits per heavy atom. The highest BCUT2D eigenvalue weighted by Gasteiger charge is 2.26. The second kappa shape index (κ2) is 4.38. The van der Waals surface area contributed by atoms with Crippen LogP contribution in [0.5, 0.6) is 5.75 Å². The second-order valence-electron chi connectivity index (χ2n) is 2.70. The van der Waals surface area contributed by atoms with E-state index in [1.807, 2.05) is 0 Å². The van der Waals surface area contributed by atoms with Gasteiger partial charge in [-0.15, -0.1) is 0 Å². The highest BCUT2D eigenvalue weighted by atomic mass is 35.7. The van der Waals surface area contributed by atoms with Crippen LogP contribution in [0.3, 0.4) is 0 Å². The lowest BCUT2D eigenvalue weighted by Crippen LogP contribution is -2.07. The van der Waals surface area contributed by atoms with Gasteiger partial charge in [-0.05, 0) is 0 Å². The Bertz CT molecular complexity index is 507. The summed E-state index contributed by atoms with van der Waals surface area (Å²) in [6.45, 7) is 0. The van der Waals surface area contributed by atoms with Crippen molar-refractivity contribution < 1.29 is 21.9 Å². The third-order valence-corrected chi connectivity index (χ3v) is 2.98. The van der Waals surface area contributed by atoms with Crippen molar-refractivity contribution in [1.29, 1.82) is 0 Å². The summed E-state index contributed by atoms with van der Waals surface area (Å²) >= 11 is 0. The van der Waals surface area contributed by atoms with Gasteiger partial charge in [0.1, 0.15) is 5.75 Å². The number of alkyl halides is 2. The van der Waals surface area contributed by atoms with Gasteiger partial charge in [0.15, 0.2) is 5.03 Å². The first-order valence-corrected chi connectivity index (χ1v) is 6.15. The summed E-state index contributed by atoms with van der Waals surface area (Å²) in [5, 5.41) is -0.801. The van der Waals surface area contributed by atoms with Gasteiger partial charge in [-0.3, -0.25) is 0 Å². The molecular formula is C7H7ClF2N2O3S. The van der Waals surface area contributed by atoms with Crippen molar-refractivity contribution in [1.82, 2.24) is 4.98 Å². The van der Waals surface area contributed by atoms with Crippen molar-refractivity contribution in [2.75, 3.05) is 12.8 Å². The maximum absolute atomic E-state index is 12.6. The number of nitrogens with zero attached hydrogens (tertiary/aromatic N) is 1. The van der Waals surface area contributed by atoms with Crippen LogP contribution >= 0.6 is 10.7 Å². The molecular weight excluding hydrogens is 266 g/mol. The fraction of sp³-hybridized carbons (Fsp3) is 0.286. The molecule has 1 heterocycles. The van der Waals surface area contributed by atoms with E-state index in [1.54, 1.807) is 0 Å². The van der Waals surface area contributed by atoms with Crippen LogP contribution in [-0.2, 0) is 9.05 Å². The fourth-order valence-electron chi connectivity index (χ4n) is 1.09. The predicted octanol–water partition coefficient (Wildman–Crippen LogP) is 1.54. The molecule has 2 N–H and O–H groups in total. The SMILES string of the molecule is COc1cnc(S(=O)(=O)Cl)c(N)c1C(F)F. The standard InChI is InChI=1S/C7H7ClF2N2O3S/c1-15-3-2-12-7(16(8,13)14)5(11)4(3)6(9)10/h2,6H,11H2,1H3. The number of hydrogen-bond donors (Lipinski definition) is 1. The maximum Gasteiger partial charge on any atom is 0.280 e. The number of aromatic nitrogens is 1. The minimum absolute atomic E-state index is 0.295. The highest BCUT2D eigenvalue weighted by molar-refractivity contribution is 8.13. The Morgan fingerprint density at radius 3 is 2.50 bits per heavy atom. The number of hydrogen-bond acceptors (Lipinski definition) is 5. The van der Waals surface area contributed by atoms with E-state index >= 15 is 0 Å². The largest absolute Gasteiger partial charge is 0.495 e. The zero-order chi connectivity index (χ0) is 12.5. The van der Waals surface area contributed by atoms with Gasteiger partial charge in [0.2, 0.25) is 0 Å². The lowest BCUT2D eigenvalue weighted by atomic mass is 10.2. The number of anilines is 1. The summed E-state index contributed by atoms with van der Waals surface area (Å²) in [4.78, 5) is 3.36. The molecule has 90 valence electrons. The van der Waals surface area contributed by atoms with Crippen LogP contribution in [0.15, 0.2) is 11.2 Å². The zero-order valence-electron chi connectivity index (χ0n) is 7.95. The molecule has 1 aromatic heterocycles. The van der Waals surface area contributed by atoms with E-state index in [2.05, 4.69) is 9.72 Å². The molecule has 0 aliphatic carbocycles. The average Bonchev–Trinajstić information content (AvgIpc) is 2.14. The third-order valence-electron chi connectivity index (χ3n) is 1.75. The molecule has 0 fully saturated rings. The Morgan fingerprint density at radius 1 is 1.56 bits per heavy atom. The predicted molar refractivity (Wildman–Crippen MR) is 53.2 cm³/mol. The fourth-order valence-corrected chi connectivity index (χ4v) is 2.01. The van der Waals surface area contributed by atoms with E-state index in [0.717, 1.165) is 13.3 Å². The van der Waals surface area contributed by atoms with E-state index in [4.69, 9.17) is 16.4 Å². The van der Waals surface area contributed by atoms with E-state index < -0.39 is 31.8 Å². The number of nitrogens with two attached hydrogens (primary N) is 1. The summed E-state index contributed by atoms with van der Waals surface area (Å²) in [6.07, 6.45) is -2.16. The van der Waals surface area contributed by atoms with Gasteiger partial charge in [0, 0.05) is 10.7 Å². The summed E-state index contributed by atoms with van der Waals surface area (Å²) < 4.78 is 51.8. The minimum atomic E-state index is -4.27. The van der Waals surface area contributed by atoms with E-state index in [9.17, 15) is 17.2 Å². The molecule has 0 atom stereocenters. The summed E-state index contributed by atoms with van der Waals surface area (Å²) in [7, 11) is 1.85. The minimum Gasteiger partial charge on any atom is -0.495 e. The number of halogens is 3. The topological polar surface area (TPSA) is 82.3 Å². The Hall–Kier alpha value is -1.15. The zero-order valence-corrected chi connectivity index (χ0v) is 9.52. The molecule has 0 aromatic carbocycles. The average molecular weight is 273 g/mol. The molecule has 1 aromatic rings. The first kappa shape index (κ1) is 12.9. The monoisotopic (exact) mass is 272 g/mol. The van der Waals surface area contributed by atoms with Crippen LogP contribution in [-0.4, -0.2) is 20.5 Å².